The van der Waals surface area contributed by atoms with Gasteiger partial charge in [-0.2, -0.15) is 4.98 Å². The van der Waals surface area contributed by atoms with Crippen molar-refractivity contribution < 1.29 is 4.52 Å². The maximum Gasteiger partial charge on any atom is 0.229 e. The second-order valence-corrected chi connectivity index (χ2v) is 5.67. The van der Waals surface area contributed by atoms with Crippen molar-refractivity contribution in [1.29, 1.82) is 0 Å². The lowest BCUT2D eigenvalue weighted by molar-refractivity contribution is 0.248. The fourth-order valence-corrected chi connectivity index (χ4v) is 2.59. The van der Waals surface area contributed by atoms with Gasteiger partial charge in [-0.05, 0) is 39.3 Å². The molecule has 1 aliphatic heterocycles. The van der Waals surface area contributed by atoms with Gasteiger partial charge in [0.2, 0.25) is 5.89 Å². The fraction of sp³-hybridized carbons (Fsp3) is 0.846. The van der Waals surface area contributed by atoms with E-state index in [0.717, 1.165) is 31.3 Å². The molecule has 2 heterocycles. The summed E-state index contributed by atoms with van der Waals surface area (Å²) < 4.78 is 5.28. The van der Waals surface area contributed by atoms with Gasteiger partial charge >= 0.3 is 0 Å². The Balaban J connectivity index is 1.48. The van der Waals surface area contributed by atoms with E-state index in [1.54, 1.807) is 0 Å². The Hall–Kier alpha value is -0.940. The van der Waals surface area contributed by atoms with Crippen LogP contribution in [-0.2, 0) is 6.54 Å². The highest BCUT2D eigenvalue weighted by atomic mass is 16.5. The van der Waals surface area contributed by atoms with Crippen LogP contribution < -0.4 is 5.32 Å². The second-order valence-electron chi connectivity index (χ2n) is 5.67. The monoisotopic (exact) mass is 250 g/mol. The van der Waals surface area contributed by atoms with E-state index in [2.05, 4.69) is 27.4 Å². The average molecular weight is 250 g/mol. The molecule has 3 rings (SSSR count). The highest BCUT2D eigenvalue weighted by Gasteiger charge is 2.29. The van der Waals surface area contributed by atoms with Crippen LogP contribution in [0.25, 0.3) is 0 Å². The smallest absolute Gasteiger partial charge is 0.229 e. The van der Waals surface area contributed by atoms with E-state index in [0.29, 0.717) is 12.0 Å². The van der Waals surface area contributed by atoms with Crippen LogP contribution >= 0.6 is 0 Å². The maximum atomic E-state index is 5.28. The molecule has 1 aromatic rings. The van der Waals surface area contributed by atoms with Gasteiger partial charge in [0.15, 0.2) is 5.82 Å². The Labute approximate surface area is 108 Å². The van der Waals surface area contributed by atoms with Gasteiger partial charge in [-0.3, -0.25) is 4.90 Å². The lowest BCUT2D eigenvalue weighted by Gasteiger charge is -2.27. The van der Waals surface area contributed by atoms with Gasteiger partial charge in [0.25, 0.3) is 0 Å². The van der Waals surface area contributed by atoms with Crippen molar-refractivity contribution in [3.8, 4) is 0 Å². The van der Waals surface area contributed by atoms with Crippen molar-refractivity contribution in [2.75, 3.05) is 20.1 Å². The minimum Gasteiger partial charge on any atom is -0.339 e. The zero-order valence-electron chi connectivity index (χ0n) is 11.1. The lowest BCUT2D eigenvalue weighted by atomic mass is 10.0. The van der Waals surface area contributed by atoms with Crippen LogP contribution in [0.15, 0.2) is 4.52 Å². The van der Waals surface area contributed by atoms with E-state index in [9.17, 15) is 0 Å². The SMILES string of the molecule is CN(Cc1noc(C2CC2)n1)CC1CCCCN1. The third kappa shape index (κ3) is 3.09. The first kappa shape index (κ1) is 12.1. The molecule has 1 N–H and O–H groups in total. The molecular weight excluding hydrogens is 228 g/mol. The van der Waals surface area contributed by atoms with Crippen molar-refractivity contribution in [3.63, 3.8) is 0 Å². The van der Waals surface area contributed by atoms with Gasteiger partial charge in [0.1, 0.15) is 0 Å². The van der Waals surface area contributed by atoms with E-state index in [-0.39, 0.29) is 0 Å². The van der Waals surface area contributed by atoms with Crippen molar-refractivity contribution >= 4 is 0 Å². The molecule has 2 fully saturated rings. The molecule has 5 heteroatoms. The molecule has 1 unspecified atom stereocenters. The summed E-state index contributed by atoms with van der Waals surface area (Å²) >= 11 is 0. The average Bonchev–Trinajstić information content (AvgIpc) is 3.12. The first-order valence-corrected chi connectivity index (χ1v) is 7.05. The van der Waals surface area contributed by atoms with Gasteiger partial charge in [0, 0.05) is 18.5 Å². The molecule has 0 spiro atoms. The van der Waals surface area contributed by atoms with Crippen molar-refractivity contribution in [3.05, 3.63) is 11.7 Å². The predicted octanol–water partition coefficient (Wildman–Crippen LogP) is 1.52. The molecule has 0 radical (unpaired) electrons. The summed E-state index contributed by atoms with van der Waals surface area (Å²) in [6.07, 6.45) is 6.37. The number of rotatable bonds is 5. The molecule has 0 bridgehead atoms. The number of likely N-dealkylation sites (N-methyl/N-ethyl adjacent to an activating group) is 1. The minimum atomic E-state index is 0.552. The van der Waals surface area contributed by atoms with Gasteiger partial charge in [-0.1, -0.05) is 11.6 Å². The predicted molar refractivity (Wildman–Crippen MR) is 68.2 cm³/mol. The fourth-order valence-electron chi connectivity index (χ4n) is 2.59. The van der Waals surface area contributed by atoms with Gasteiger partial charge in [-0.25, -0.2) is 0 Å². The molecular formula is C13H22N4O. The zero-order chi connectivity index (χ0) is 12.4. The van der Waals surface area contributed by atoms with Crippen LogP contribution in [0.3, 0.4) is 0 Å². The second kappa shape index (κ2) is 5.36. The van der Waals surface area contributed by atoms with Crippen LogP contribution in [0.4, 0.5) is 0 Å². The normalized spacial score (nSPS) is 24.7. The number of aromatic nitrogens is 2. The zero-order valence-corrected chi connectivity index (χ0v) is 11.1. The molecule has 2 aliphatic rings. The van der Waals surface area contributed by atoms with E-state index < -0.39 is 0 Å². The van der Waals surface area contributed by atoms with E-state index in [1.807, 2.05) is 0 Å². The largest absolute Gasteiger partial charge is 0.339 e. The number of nitrogens with one attached hydrogen (secondary N) is 1. The molecule has 18 heavy (non-hydrogen) atoms. The number of hydrogen-bond acceptors (Lipinski definition) is 5. The van der Waals surface area contributed by atoms with E-state index in [1.165, 1.54) is 32.1 Å². The van der Waals surface area contributed by atoms with Crippen molar-refractivity contribution in [1.82, 2.24) is 20.4 Å². The molecule has 0 amide bonds. The molecule has 1 saturated heterocycles. The number of hydrogen-bond donors (Lipinski definition) is 1. The number of piperidine rings is 1. The summed E-state index contributed by atoms with van der Waals surface area (Å²) in [6, 6.07) is 0.624. The summed E-state index contributed by atoms with van der Waals surface area (Å²) in [5.74, 6) is 2.22. The molecule has 5 nitrogen and oxygen atoms in total. The maximum absolute atomic E-state index is 5.28. The summed E-state index contributed by atoms with van der Waals surface area (Å²) in [5.41, 5.74) is 0. The first-order valence-electron chi connectivity index (χ1n) is 7.05. The molecule has 1 aromatic heterocycles. The van der Waals surface area contributed by atoms with Crippen LogP contribution in [-0.4, -0.2) is 41.2 Å². The summed E-state index contributed by atoms with van der Waals surface area (Å²) in [6.45, 7) is 3.01. The topological polar surface area (TPSA) is 54.2 Å². The summed E-state index contributed by atoms with van der Waals surface area (Å²) in [4.78, 5) is 6.75. The standard InChI is InChI=1S/C13H22N4O/c1-17(8-11-4-2-3-7-14-11)9-12-15-13(18-16-12)10-5-6-10/h10-11,14H,2-9H2,1H3. The van der Waals surface area contributed by atoms with Crippen LogP contribution in [0.1, 0.15) is 49.7 Å². The van der Waals surface area contributed by atoms with Gasteiger partial charge in [0.05, 0.1) is 6.54 Å². The summed E-state index contributed by atoms with van der Waals surface area (Å²) in [5, 5.41) is 7.63. The third-order valence-electron chi connectivity index (χ3n) is 3.77. The first-order chi connectivity index (χ1) is 8.81. The number of nitrogens with zero attached hydrogens (tertiary/aromatic N) is 3. The third-order valence-corrected chi connectivity index (χ3v) is 3.77. The Kier molecular flexibility index (Phi) is 3.61. The highest BCUT2D eigenvalue weighted by Crippen LogP contribution is 2.38. The Morgan fingerprint density at radius 2 is 2.22 bits per heavy atom. The minimum absolute atomic E-state index is 0.552. The van der Waals surface area contributed by atoms with Gasteiger partial charge in [-0.15, -0.1) is 0 Å². The molecule has 1 atom stereocenters. The van der Waals surface area contributed by atoms with E-state index >= 15 is 0 Å². The quantitative estimate of drug-likeness (QED) is 0.858. The van der Waals surface area contributed by atoms with Crippen LogP contribution in [0, 0.1) is 0 Å². The van der Waals surface area contributed by atoms with Gasteiger partial charge < -0.3 is 9.84 Å². The molecule has 1 saturated carbocycles. The Bertz CT molecular complexity index is 382. The van der Waals surface area contributed by atoms with E-state index in [4.69, 9.17) is 4.52 Å². The molecule has 1 aliphatic carbocycles. The van der Waals surface area contributed by atoms with Crippen LogP contribution in [0.5, 0.6) is 0 Å². The molecule has 0 aromatic carbocycles. The lowest BCUT2D eigenvalue weighted by Crippen LogP contribution is -2.42. The highest BCUT2D eigenvalue weighted by molar-refractivity contribution is 5.01. The Morgan fingerprint density at radius 3 is 2.94 bits per heavy atom. The summed E-state index contributed by atoms with van der Waals surface area (Å²) in [7, 11) is 2.13. The molecule has 100 valence electrons. The van der Waals surface area contributed by atoms with Crippen LogP contribution in [0.2, 0.25) is 0 Å². The Morgan fingerprint density at radius 1 is 1.33 bits per heavy atom. The van der Waals surface area contributed by atoms with Crippen molar-refractivity contribution in [2.45, 2.75) is 50.6 Å². The van der Waals surface area contributed by atoms with Crippen molar-refractivity contribution in [2.24, 2.45) is 0 Å².